The zero-order chi connectivity index (χ0) is 17.2. The molecule has 1 aromatic heterocycles. The van der Waals surface area contributed by atoms with Crippen molar-refractivity contribution >= 4 is 34.1 Å². The number of benzene rings is 2. The van der Waals surface area contributed by atoms with Gasteiger partial charge in [-0.2, -0.15) is 0 Å². The number of ether oxygens (including phenoxy) is 2. The number of nitrogens with one attached hydrogen (secondary N) is 1. The molecule has 5 nitrogen and oxygen atoms in total. The highest BCUT2D eigenvalue weighted by Crippen LogP contribution is 2.38. The Morgan fingerprint density at radius 3 is 2.72 bits per heavy atom. The summed E-state index contributed by atoms with van der Waals surface area (Å²) in [4.78, 5) is 17.0. The number of pyridine rings is 1. The molecule has 0 atom stereocenters. The fraction of sp³-hybridized carbons (Fsp3) is 0.158. The first-order valence-electron chi connectivity index (χ1n) is 7.96. The molecule has 0 aliphatic carbocycles. The summed E-state index contributed by atoms with van der Waals surface area (Å²) in [6.45, 7) is 1.15. The van der Waals surface area contributed by atoms with Crippen molar-refractivity contribution in [1.29, 1.82) is 0 Å². The van der Waals surface area contributed by atoms with Crippen LogP contribution in [0.4, 0.5) is 5.69 Å². The van der Waals surface area contributed by atoms with Gasteiger partial charge in [-0.3, -0.25) is 9.78 Å². The smallest absolute Gasteiger partial charge is 0.256 e. The Bertz CT molecular complexity index is 953. The molecular formula is C19H15ClN2O3. The predicted octanol–water partition coefficient (Wildman–Crippen LogP) is 4.30. The molecule has 1 aliphatic heterocycles. The van der Waals surface area contributed by atoms with Crippen LogP contribution in [0.3, 0.4) is 0 Å². The molecular weight excluding hydrogens is 340 g/mol. The van der Waals surface area contributed by atoms with Crippen molar-refractivity contribution in [2.75, 3.05) is 18.5 Å². The monoisotopic (exact) mass is 354 g/mol. The number of rotatable bonds is 2. The lowest BCUT2D eigenvalue weighted by molar-refractivity contribution is 0.102. The number of amides is 1. The maximum Gasteiger partial charge on any atom is 0.256 e. The first-order chi connectivity index (χ1) is 12.2. The van der Waals surface area contributed by atoms with Gasteiger partial charge >= 0.3 is 0 Å². The summed E-state index contributed by atoms with van der Waals surface area (Å²) in [5, 5.41) is 4.04. The van der Waals surface area contributed by atoms with Crippen molar-refractivity contribution < 1.29 is 14.3 Å². The number of anilines is 1. The predicted molar refractivity (Wildman–Crippen MR) is 96.8 cm³/mol. The molecule has 4 rings (SSSR count). The molecule has 2 aromatic carbocycles. The van der Waals surface area contributed by atoms with Crippen molar-refractivity contribution in [3.8, 4) is 11.5 Å². The molecule has 1 N–H and O–H groups in total. The molecule has 0 saturated heterocycles. The minimum atomic E-state index is -0.255. The normalized spacial score (nSPS) is 13.3. The van der Waals surface area contributed by atoms with Gasteiger partial charge in [0.1, 0.15) is 0 Å². The van der Waals surface area contributed by atoms with E-state index in [0.29, 0.717) is 41.0 Å². The van der Waals surface area contributed by atoms with Crippen molar-refractivity contribution in [3.63, 3.8) is 0 Å². The van der Waals surface area contributed by atoms with Gasteiger partial charge < -0.3 is 14.8 Å². The molecule has 25 heavy (non-hydrogen) atoms. The number of hydrogen-bond acceptors (Lipinski definition) is 4. The fourth-order valence-corrected chi connectivity index (χ4v) is 2.97. The van der Waals surface area contributed by atoms with Gasteiger partial charge in [0, 0.05) is 35.7 Å². The lowest BCUT2D eigenvalue weighted by atomic mass is 10.1. The quantitative estimate of drug-likeness (QED) is 0.745. The maximum absolute atomic E-state index is 12.7. The largest absolute Gasteiger partial charge is 0.490 e. The van der Waals surface area contributed by atoms with Crippen LogP contribution in [0.2, 0.25) is 5.02 Å². The van der Waals surface area contributed by atoms with Gasteiger partial charge in [0.05, 0.1) is 29.4 Å². The number of nitrogens with zero attached hydrogens (tertiary/aromatic N) is 1. The minimum absolute atomic E-state index is 0.255. The number of fused-ring (bicyclic) bond motifs is 2. The lowest BCUT2D eigenvalue weighted by Crippen LogP contribution is -2.13. The van der Waals surface area contributed by atoms with Crippen LogP contribution in [0.1, 0.15) is 16.8 Å². The van der Waals surface area contributed by atoms with E-state index in [4.69, 9.17) is 21.1 Å². The van der Waals surface area contributed by atoms with Crippen molar-refractivity contribution in [3.05, 3.63) is 59.2 Å². The second kappa shape index (κ2) is 6.61. The van der Waals surface area contributed by atoms with E-state index >= 15 is 0 Å². The van der Waals surface area contributed by atoms with Crippen molar-refractivity contribution in [2.24, 2.45) is 0 Å². The minimum Gasteiger partial charge on any atom is -0.490 e. The summed E-state index contributed by atoms with van der Waals surface area (Å²) in [5.74, 6) is 0.918. The van der Waals surface area contributed by atoms with Crippen LogP contribution < -0.4 is 14.8 Å². The second-order valence-electron chi connectivity index (χ2n) is 5.66. The van der Waals surface area contributed by atoms with Crippen molar-refractivity contribution in [2.45, 2.75) is 6.42 Å². The van der Waals surface area contributed by atoms with E-state index in [9.17, 15) is 4.79 Å². The molecule has 0 saturated carbocycles. The molecule has 0 unspecified atom stereocenters. The molecule has 1 amide bonds. The van der Waals surface area contributed by atoms with Gasteiger partial charge in [0.25, 0.3) is 5.91 Å². The van der Waals surface area contributed by atoms with E-state index in [1.807, 2.05) is 12.1 Å². The van der Waals surface area contributed by atoms with E-state index in [1.54, 1.807) is 36.5 Å². The molecule has 3 aromatic rings. The Hall–Kier alpha value is -2.79. The highest BCUT2D eigenvalue weighted by molar-refractivity contribution is 6.34. The van der Waals surface area contributed by atoms with Gasteiger partial charge in [-0.05, 0) is 18.2 Å². The van der Waals surface area contributed by atoms with E-state index in [1.165, 1.54) is 0 Å². The third kappa shape index (κ3) is 3.10. The van der Waals surface area contributed by atoms with Crippen LogP contribution >= 0.6 is 11.6 Å². The SMILES string of the molecule is O=C(Nc1cc2c(cc1Cl)OCCCO2)c1cccc2ncccc12. The molecule has 0 radical (unpaired) electrons. The Kier molecular flexibility index (Phi) is 4.15. The van der Waals surface area contributed by atoms with E-state index in [2.05, 4.69) is 10.3 Å². The summed E-state index contributed by atoms with van der Waals surface area (Å²) >= 11 is 6.30. The summed E-state index contributed by atoms with van der Waals surface area (Å²) < 4.78 is 11.3. The Labute approximate surface area is 149 Å². The van der Waals surface area contributed by atoms with E-state index in [-0.39, 0.29) is 5.91 Å². The van der Waals surface area contributed by atoms with Crippen LogP contribution in [0, 0.1) is 0 Å². The number of aromatic nitrogens is 1. The van der Waals surface area contributed by atoms with Gasteiger partial charge in [0.15, 0.2) is 11.5 Å². The van der Waals surface area contributed by atoms with Crippen LogP contribution in [0.5, 0.6) is 11.5 Å². The van der Waals surface area contributed by atoms with Gasteiger partial charge in [-0.15, -0.1) is 0 Å². The Morgan fingerprint density at radius 1 is 1.08 bits per heavy atom. The first-order valence-corrected chi connectivity index (χ1v) is 8.34. The number of carbonyl (C=O) groups is 1. The molecule has 0 fully saturated rings. The second-order valence-corrected chi connectivity index (χ2v) is 6.07. The first kappa shape index (κ1) is 15.7. The maximum atomic E-state index is 12.7. The Morgan fingerprint density at radius 2 is 1.88 bits per heavy atom. The third-order valence-electron chi connectivity index (χ3n) is 3.98. The Balaban J connectivity index is 1.68. The van der Waals surface area contributed by atoms with Crippen molar-refractivity contribution in [1.82, 2.24) is 4.98 Å². The van der Waals surface area contributed by atoms with Gasteiger partial charge in [-0.1, -0.05) is 23.7 Å². The zero-order valence-electron chi connectivity index (χ0n) is 13.3. The number of halogens is 1. The molecule has 6 heteroatoms. The van der Waals surface area contributed by atoms with Crippen LogP contribution in [0.15, 0.2) is 48.7 Å². The van der Waals surface area contributed by atoms with Crippen LogP contribution in [-0.2, 0) is 0 Å². The summed E-state index contributed by atoms with van der Waals surface area (Å²) in [6, 6.07) is 12.5. The molecule has 0 bridgehead atoms. The standard InChI is InChI=1S/C19H15ClN2O3/c20-14-10-17-18(25-9-3-8-24-17)11-16(14)22-19(23)13-4-1-6-15-12(13)5-2-7-21-15/h1-2,4-7,10-11H,3,8-9H2,(H,22,23). The van der Waals surface area contributed by atoms with Gasteiger partial charge in [-0.25, -0.2) is 0 Å². The number of carbonyl (C=O) groups excluding carboxylic acids is 1. The average Bonchev–Trinajstić information content (AvgIpc) is 2.86. The molecule has 2 heterocycles. The topological polar surface area (TPSA) is 60.5 Å². The zero-order valence-corrected chi connectivity index (χ0v) is 14.0. The summed E-state index contributed by atoms with van der Waals surface area (Å²) in [5.41, 5.74) is 1.78. The van der Waals surface area contributed by atoms with Crippen LogP contribution in [-0.4, -0.2) is 24.1 Å². The average molecular weight is 355 g/mol. The summed E-state index contributed by atoms with van der Waals surface area (Å²) in [7, 11) is 0. The molecule has 1 aliphatic rings. The highest BCUT2D eigenvalue weighted by atomic mass is 35.5. The summed E-state index contributed by atoms with van der Waals surface area (Å²) in [6.07, 6.45) is 2.50. The lowest BCUT2D eigenvalue weighted by Gasteiger charge is -2.13. The van der Waals surface area contributed by atoms with Crippen LogP contribution in [0.25, 0.3) is 10.9 Å². The fourth-order valence-electron chi connectivity index (χ4n) is 2.77. The molecule has 0 spiro atoms. The third-order valence-corrected chi connectivity index (χ3v) is 4.29. The number of hydrogen-bond donors (Lipinski definition) is 1. The highest BCUT2D eigenvalue weighted by Gasteiger charge is 2.17. The van der Waals surface area contributed by atoms with E-state index in [0.717, 1.165) is 17.3 Å². The van der Waals surface area contributed by atoms with Gasteiger partial charge in [0.2, 0.25) is 0 Å². The van der Waals surface area contributed by atoms with E-state index < -0.39 is 0 Å². The molecule has 126 valence electrons.